The fraction of sp³-hybridized carbons (Fsp3) is 0.167. The zero-order valence-electron chi connectivity index (χ0n) is 12.3. The van der Waals surface area contributed by atoms with Crippen LogP contribution in [-0.2, 0) is 6.42 Å². The molecule has 0 spiro atoms. The first-order valence-corrected chi connectivity index (χ1v) is 7.57. The van der Waals surface area contributed by atoms with Crippen LogP contribution < -0.4 is 0 Å². The van der Waals surface area contributed by atoms with E-state index in [2.05, 4.69) is 9.98 Å². The Morgan fingerprint density at radius 1 is 1.23 bits per heavy atom. The third kappa shape index (κ3) is 3.15. The first-order chi connectivity index (χ1) is 10.6. The molecule has 0 aliphatic rings. The Bertz CT molecular complexity index is 836. The molecule has 1 aromatic heterocycles. The van der Waals surface area contributed by atoms with Crippen LogP contribution in [-0.4, -0.2) is 22.8 Å². The molecule has 2 N–H and O–H groups in total. The number of aliphatic imine (C=N–C) groups is 1. The molecule has 0 unspecified atom stereocenters. The molecular weight excluding hydrogens is 296 g/mol. The Morgan fingerprint density at radius 3 is 2.91 bits per heavy atom. The minimum absolute atomic E-state index is 0.159. The Balaban J connectivity index is 1.74. The number of halogens is 1. The topological polar surface area (TPSA) is 48.4 Å². The van der Waals surface area contributed by atoms with E-state index in [1.54, 1.807) is 6.21 Å². The molecule has 0 bridgehead atoms. The Labute approximate surface area is 134 Å². The van der Waals surface area contributed by atoms with E-state index in [4.69, 9.17) is 11.6 Å². The predicted octanol–water partition coefficient (Wildman–Crippen LogP) is 4.50. The number of rotatable bonds is 4. The number of hydrogen-bond donors (Lipinski definition) is 2. The summed E-state index contributed by atoms with van der Waals surface area (Å²) < 4.78 is 0. The number of benzene rings is 2. The zero-order valence-corrected chi connectivity index (χ0v) is 13.1. The summed E-state index contributed by atoms with van der Waals surface area (Å²) in [6.07, 6.45) is 2.55. The molecule has 3 nitrogen and oxygen atoms in total. The van der Waals surface area contributed by atoms with E-state index >= 15 is 0 Å². The summed E-state index contributed by atoms with van der Waals surface area (Å²) in [7, 11) is 0. The van der Waals surface area contributed by atoms with Gasteiger partial charge >= 0.3 is 0 Å². The van der Waals surface area contributed by atoms with E-state index in [1.165, 1.54) is 0 Å². The third-order valence-corrected chi connectivity index (χ3v) is 3.85. The van der Waals surface area contributed by atoms with Crippen LogP contribution in [0.2, 0.25) is 5.02 Å². The van der Waals surface area contributed by atoms with Crippen LogP contribution in [0, 0.1) is 6.92 Å². The quantitative estimate of drug-likeness (QED) is 0.685. The van der Waals surface area contributed by atoms with Crippen molar-refractivity contribution in [1.29, 1.82) is 0 Å². The SMILES string of the molecule is Cc1ccc2c(C=NCCc3cccc(Cl)c3)c(O)[nH]c2c1. The van der Waals surface area contributed by atoms with Crippen LogP contribution in [0.5, 0.6) is 5.88 Å². The highest BCUT2D eigenvalue weighted by atomic mass is 35.5. The number of fused-ring (bicyclic) bond motifs is 1. The summed E-state index contributed by atoms with van der Waals surface area (Å²) in [5.41, 5.74) is 3.97. The molecule has 0 fully saturated rings. The predicted molar refractivity (Wildman–Crippen MR) is 92.3 cm³/mol. The molecule has 3 rings (SSSR count). The Kier molecular flexibility index (Phi) is 4.16. The van der Waals surface area contributed by atoms with E-state index in [0.717, 1.165) is 39.0 Å². The van der Waals surface area contributed by atoms with Gasteiger partial charge in [0.25, 0.3) is 0 Å². The number of nitrogens with zero attached hydrogens (tertiary/aromatic N) is 1. The first kappa shape index (κ1) is 14.7. The van der Waals surface area contributed by atoms with Crippen LogP contribution in [0.4, 0.5) is 0 Å². The second-order valence-corrected chi connectivity index (χ2v) is 5.79. The molecule has 0 aliphatic carbocycles. The monoisotopic (exact) mass is 312 g/mol. The third-order valence-electron chi connectivity index (χ3n) is 3.61. The van der Waals surface area contributed by atoms with E-state index in [1.807, 2.05) is 49.4 Å². The number of aromatic amines is 1. The second kappa shape index (κ2) is 6.24. The number of nitrogens with one attached hydrogen (secondary N) is 1. The lowest BCUT2D eigenvalue weighted by atomic mass is 10.1. The van der Waals surface area contributed by atoms with E-state index in [0.29, 0.717) is 6.54 Å². The van der Waals surface area contributed by atoms with Crippen molar-refractivity contribution < 1.29 is 5.11 Å². The van der Waals surface area contributed by atoms with E-state index in [9.17, 15) is 5.11 Å². The average Bonchev–Trinajstić information content (AvgIpc) is 2.78. The van der Waals surface area contributed by atoms with Crippen molar-refractivity contribution in [3.63, 3.8) is 0 Å². The normalized spacial score (nSPS) is 11.5. The fourth-order valence-corrected chi connectivity index (χ4v) is 2.70. The van der Waals surface area contributed by atoms with Crippen molar-refractivity contribution in [2.75, 3.05) is 6.54 Å². The van der Waals surface area contributed by atoms with Crippen LogP contribution in [0.1, 0.15) is 16.7 Å². The molecule has 22 heavy (non-hydrogen) atoms. The summed E-state index contributed by atoms with van der Waals surface area (Å²) >= 11 is 5.96. The molecule has 2 aromatic carbocycles. The van der Waals surface area contributed by atoms with Crippen molar-refractivity contribution in [3.05, 3.63) is 64.2 Å². The summed E-state index contributed by atoms with van der Waals surface area (Å²) in [5, 5.41) is 11.7. The lowest BCUT2D eigenvalue weighted by Gasteiger charge is -1.99. The highest BCUT2D eigenvalue weighted by Gasteiger charge is 2.08. The second-order valence-electron chi connectivity index (χ2n) is 5.35. The highest BCUT2D eigenvalue weighted by molar-refractivity contribution is 6.30. The van der Waals surface area contributed by atoms with Crippen molar-refractivity contribution in [3.8, 4) is 5.88 Å². The van der Waals surface area contributed by atoms with Gasteiger partial charge in [-0.3, -0.25) is 4.99 Å². The van der Waals surface area contributed by atoms with Crippen LogP contribution >= 0.6 is 11.6 Å². The van der Waals surface area contributed by atoms with Gasteiger partial charge in [0.1, 0.15) is 0 Å². The van der Waals surface area contributed by atoms with Crippen molar-refractivity contribution >= 4 is 28.7 Å². The molecular formula is C18H17ClN2O. The Morgan fingerprint density at radius 2 is 2.09 bits per heavy atom. The summed E-state index contributed by atoms with van der Waals surface area (Å²) in [6, 6.07) is 13.8. The summed E-state index contributed by atoms with van der Waals surface area (Å²) in [5.74, 6) is 0.159. The molecule has 0 radical (unpaired) electrons. The fourth-order valence-electron chi connectivity index (χ4n) is 2.49. The lowest BCUT2D eigenvalue weighted by molar-refractivity contribution is 0.457. The van der Waals surface area contributed by atoms with Crippen molar-refractivity contribution in [1.82, 2.24) is 4.98 Å². The van der Waals surface area contributed by atoms with Gasteiger partial charge in [-0.05, 0) is 42.7 Å². The minimum atomic E-state index is 0.159. The number of aromatic nitrogens is 1. The van der Waals surface area contributed by atoms with Gasteiger partial charge in [-0.15, -0.1) is 0 Å². The molecule has 3 aromatic rings. The number of H-pyrrole nitrogens is 1. The van der Waals surface area contributed by atoms with Gasteiger partial charge in [0.05, 0.1) is 5.56 Å². The number of hydrogen-bond acceptors (Lipinski definition) is 2. The van der Waals surface area contributed by atoms with Crippen molar-refractivity contribution in [2.45, 2.75) is 13.3 Å². The first-order valence-electron chi connectivity index (χ1n) is 7.19. The van der Waals surface area contributed by atoms with Gasteiger partial charge in [-0.1, -0.05) is 35.9 Å². The summed E-state index contributed by atoms with van der Waals surface area (Å²) in [6.45, 7) is 2.67. The molecule has 0 aliphatic heterocycles. The lowest BCUT2D eigenvalue weighted by Crippen LogP contribution is -1.90. The minimum Gasteiger partial charge on any atom is -0.494 e. The molecule has 0 atom stereocenters. The molecule has 112 valence electrons. The molecule has 0 amide bonds. The maximum atomic E-state index is 10.0. The number of aromatic hydroxyl groups is 1. The van der Waals surface area contributed by atoms with Gasteiger partial charge in [0.15, 0.2) is 5.88 Å². The Hall–Kier alpha value is -2.26. The maximum Gasteiger partial charge on any atom is 0.198 e. The summed E-state index contributed by atoms with van der Waals surface area (Å²) in [4.78, 5) is 7.40. The van der Waals surface area contributed by atoms with Crippen LogP contribution in [0.15, 0.2) is 47.5 Å². The van der Waals surface area contributed by atoms with Crippen LogP contribution in [0.3, 0.4) is 0 Å². The van der Waals surface area contributed by atoms with Gasteiger partial charge in [-0.2, -0.15) is 0 Å². The zero-order chi connectivity index (χ0) is 15.5. The van der Waals surface area contributed by atoms with E-state index in [-0.39, 0.29) is 5.88 Å². The maximum absolute atomic E-state index is 10.0. The van der Waals surface area contributed by atoms with Crippen LogP contribution in [0.25, 0.3) is 10.9 Å². The number of aryl methyl sites for hydroxylation is 1. The molecule has 1 heterocycles. The molecule has 4 heteroatoms. The highest BCUT2D eigenvalue weighted by Crippen LogP contribution is 2.26. The van der Waals surface area contributed by atoms with Gasteiger partial charge in [-0.25, -0.2) is 0 Å². The van der Waals surface area contributed by atoms with Gasteiger partial charge in [0.2, 0.25) is 0 Å². The van der Waals surface area contributed by atoms with Gasteiger partial charge in [0, 0.05) is 28.7 Å². The van der Waals surface area contributed by atoms with Crippen molar-refractivity contribution in [2.24, 2.45) is 4.99 Å². The van der Waals surface area contributed by atoms with E-state index < -0.39 is 0 Å². The standard InChI is InChI=1S/C18H17ClN2O/c1-12-5-6-15-16(18(22)21-17(15)9-12)11-20-8-7-13-3-2-4-14(19)10-13/h2-6,9-11,21-22H,7-8H2,1H3. The smallest absolute Gasteiger partial charge is 0.198 e. The average molecular weight is 313 g/mol. The molecule has 0 saturated carbocycles. The molecule has 0 saturated heterocycles. The largest absolute Gasteiger partial charge is 0.494 e. The van der Waals surface area contributed by atoms with Gasteiger partial charge < -0.3 is 10.1 Å².